The van der Waals surface area contributed by atoms with Crippen molar-refractivity contribution in [3.8, 4) is 0 Å². The van der Waals surface area contributed by atoms with Crippen molar-refractivity contribution in [2.24, 2.45) is 0 Å². The highest BCUT2D eigenvalue weighted by atomic mass is 32.3. The summed E-state index contributed by atoms with van der Waals surface area (Å²) in [5.41, 5.74) is -12.4. The van der Waals surface area contributed by atoms with Crippen LogP contribution in [-0.4, -0.2) is 64.9 Å². The molecule has 0 radical (unpaired) electrons. The molecule has 1 rings (SSSR count). The maximum absolute atomic E-state index is 12.5. The summed E-state index contributed by atoms with van der Waals surface area (Å²) >= 11 is 0. The number of hydrogen-bond acceptors (Lipinski definition) is 4. The molecule has 1 saturated heterocycles. The normalized spacial score (nSPS) is 18.7. The zero-order valence-corrected chi connectivity index (χ0v) is 15.7. The lowest BCUT2D eigenvalue weighted by molar-refractivity contribution is -0.898. The van der Waals surface area contributed by atoms with Crippen molar-refractivity contribution in [3.63, 3.8) is 0 Å². The molecule has 27 heavy (non-hydrogen) atoms. The van der Waals surface area contributed by atoms with Gasteiger partial charge in [-0.25, -0.2) is 25.6 Å². The smallest absolute Gasteiger partial charge is 0.421 e. The molecule has 0 atom stereocenters. The zero-order valence-electron chi connectivity index (χ0n) is 14.1. The Kier molecular flexibility index (Phi) is 8.10. The van der Waals surface area contributed by atoms with Gasteiger partial charge in [0.1, 0.15) is 0 Å². The highest BCUT2D eigenvalue weighted by Gasteiger charge is 2.46. The highest BCUT2D eigenvalue weighted by molar-refractivity contribution is 8.13. The van der Waals surface area contributed by atoms with Crippen LogP contribution >= 0.6 is 0 Å². The first-order chi connectivity index (χ1) is 11.6. The van der Waals surface area contributed by atoms with E-state index in [0.717, 1.165) is 28.6 Å². The predicted octanol–water partition coefficient (Wildman–Crippen LogP) is 3.33. The van der Waals surface area contributed by atoms with Crippen molar-refractivity contribution in [2.45, 2.75) is 43.1 Å². The monoisotopic (exact) mass is 458 g/mol. The van der Waals surface area contributed by atoms with Crippen LogP contribution in [-0.2, 0) is 20.0 Å². The Bertz CT molecular complexity index is 647. The van der Waals surface area contributed by atoms with Crippen LogP contribution in [0.1, 0.15) is 26.2 Å². The number of nitrogens with zero attached hydrogens (tertiary/aromatic N) is 2. The van der Waals surface area contributed by atoms with E-state index >= 15 is 0 Å². The van der Waals surface area contributed by atoms with Crippen LogP contribution in [0.2, 0.25) is 0 Å². The van der Waals surface area contributed by atoms with E-state index in [2.05, 4.69) is 7.05 Å². The fraction of sp³-hybridized carbons (Fsp3) is 1.00. The molecule has 1 heterocycles. The fourth-order valence-electron chi connectivity index (χ4n) is 2.00. The van der Waals surface area contributed by atoms with Crippen LogP contribution in [0.3, 0.4) is 0 Å². The summed E-state index contributed by atoms with van der Waals surface area (Å²) in [6.07, 6.45) is 2.43. The molecule has 0 unspecified atom stereocenters. The first-order valence-electron chi connectivity index (χ1n) is 7.20. The number of alkyl halides is 8. The van der Waals surface area contributed by atoms with E-state index in [9.17, 15) is 52.0 Å². The molecule has 0 aromatic carbocycles. The van der Waals surface area contributed by atoms with Gasteiger partial charge in [0, 0.05) is 12.8 Å². The third kappa shape index (κ3) is 8.87. The molecule has 0 bridgehead atoms. The average Bonchev–Trinajstić information content (AvgIpc) is 2.80. The van der Waals surface area contributed by atoms with Crippen LogP contribution in [0.25, 0.3) is 4.13 Å². The van der Waals surface area contributed by atoms with E-state index in [1.165, 1.54) is 12.8 Å². The van der Waals surface area contributed by atoms with E-state index in [1.54, 1.807) is 0 Å². The number of rotatable bonds is 5. The third-order valence-corrected chi connectivity index (χ3v) is 6.26. The van der Waals surface area contributed by atoms with Gasteiger partial charge in [0.25, 0.3) is 5.92 Å². The summed E-state index contributed by atoms with van der Waals surface area (Å²) in [5, 5.41) is 0. The van der Waals surface area contributed by atoms with Crippen molar-refractivity contribution in [1.29, 1.82) is 0 Å². The van der Waals surface area contributed by atoms with Crippen LogP contribution < -0.4 is 0 Å². The quantitative estimate of drug-likeness (QED) is 0.468. The van der Waals surface area contributed by atoms with Crippen molar-refractivity contribution >= 4 is 20.0 Å². The molecule has 164 valence electrons. The van der Waals surface area contributed by atoms with Crippen LogP contribution in [0, 0.1) is 0 Å². The van der Waals surface area contributed by atoms with E-state index < -0.39 is 37.0 Å². The van der Waals surface area contributed by atoms with Crippen LogP contribution in [0.5, 0.6) is 0 Å². The molecule has 0 aromatic rings. The fourth-order valence-corrected chi connectivity index (χ4v) is 3.71. The standard InChI is InChI=1S/C9H18F2N.C2F6NO4S2/c1-9(10,11)5-8-12(2)6-3-4-7-12;3-1(4,5)14(10,11)9-15(12,13)2(6,7)8/h3-8H2,1-2H3;/q+1;-1. The summed E-state index contributed by atoms with van der Waals surface area (Å²) in [6.45, 7) is 3.80. The van der Waals surface area contributed by atoms with E-state index in [1.807, 2.05) is 0 Å². The Morgan fingerprint density at radius 3 is 1.41 bits per heavy atom. The molecular weight excluding hydrogens is 440 g/mol. The van der Waals surface area contributed by atoms with Gasteiger partial charge < -0.3 is 8.61 Å². The Hall–Kier alpha value is -0.740. The molecule has 1 aliphatic heterocycles. The summed E-state index contributed by atoms with van der Waals surface area (Å²) in [6, 6.07) is 0. The van der Waals surface area contributed by atoms with Crippen LogP contribution in [0.15, 0.2) is 0 Å². The second-order valence-electron chi connectivity index (χ2n) is 6.23. The molecule has 1 aliphatic rings. The third-order valence-electron chi connectivity index (χ3n) is 3.52. The Balaban J connectivity index is 0.000000511. The molecular formula is C11H18F8N2O4S2. The second-order valence-corrected chi connectivity index (χ2v) is 9.66. The topological polar surface area (TPSA) is 82.4 Å². The highest BCUT2D eigenvalue weighted by Crippen LogP contribution is 2.36. The molecule has 0 aromatic heterocycles. The largest absolute Gasteiger partial charge is 0.480 e. The lowest BCUT2D eigenvalue weighted by Crippen LogP contribution is -2.43. The SMILES string of the molecule is CC(F)(F)CC[N+]1(C)CCCC1.O=S(=O)([N-]S(=O)(=O)C(F)(F)F)C(F)(F)F. The van der Waals surface area contributed by atoms with E-state index in [4.69, 9.17) is 0 Å². The number of sulfonamides is 2. The van der Waals surface area contributed by atoms with Gasteiger partial charge in [0.15, 0.2) is 20.0 Å². The number of hydrogen-bond donors (Lipinski definition) is 0. The molecule has 0 saturated carbocycles. The van der Waals surface area contributed by atoms with Gasteiger partial charge in [-0.15, -0.1) is 0 Å². The van der Waals surface area contributed by atoms with E-state index in [-0.39, 0.29) is 6.42 Å². The molecule has 1 fully saturated rings. The van der Waals surface area contributed by atoms with E-state index in [0.29, 0.717) is 6.54 Å². The Morgan fingerprint density at radius 1 is 0.815 bits per heavy atom. The van der Waals surface area contributed by atoms with Gasteiger partial charge in [-0.3, -0.25) is 0 Å². The minimum atomic E-state index is -6.72. The van der Waals surface area contributed by atoms with Gasteiger partial charge in [0.2, 0.25) is 0 Å². The number of halogens is 8. The maximum atomic E-state index is 12.5. The van der Waals surface area contributed by atoms with Gasteiger partial charge >= 0.3 is 11.0 Å². The Morgan fingerprint density at radius 2 is 1.15 bits per heavy atom. The molecule has 6 nitrogen and oxygen atoms in total. The van der Waals surface area contributed by atoms with Gasteiger partial charge in [-0.05, 0) is 6.92 Å². The minimum Gasteiger partial charge on any atom is -0.421 e. The average molecular weight is 458 g/mol. The number of likely N-dealkylation sites (tertiary alicyclic amines) is 1. The van der Waals surface area contributed by atoms with Crippen molar-refractivity contribution in [1.82, 2.24) is 0 Å². The maximum Gasteiger partial charge on any atom is 0.480 e. The van der Waals surface area contributed by atoms with Crippen molar-refractivity contribution < 1.29 is 56.4 Å². The Labute approximate surface area is 151 Å². The molecule has 16 heteroatoms. The summed E-state index contributed by atoms with van der Waals surface area (Å²) < 4.78 is 135. The molecule has 0 N–H and O–H groups in total. The first-order valence-corrected chi connectivity index (χ1v) is 10.1. The van der Waals surface area contributed by atoms with Crippen LogP contribution in [0.4, 0.5) is 35.1 Å². The molecule has 0 spiro atoms. The molecule has 0 amide bonds. The zero-order chi connectivity index (χ0) is 21.9. The summed E-state index contributed by atoms with van der Waals surface area (Å²) in [5.74, 6) is -2.48. The van der Waals surface area contributed by atoms with Crippen molar-refractivity contribution in [2.75, 3.05) is 26.7 Å². The lowest BCUT2D eigenvalue weighted by atomic mass is 10.2. The molecule has 0 aliphatic carbocycles. The predicted molar refractivity (Wildman–Crippen MR) is 78.6 cm³/mol. The van der Waals surface area contributed by atoms with Gasteiger partial charge in [-0.2, -0.15) is 26.3 Å². The lowest BCUT2D eigenvalue weighted by Gasteiger charge is -2.30. The minimum absolute atomic E-state index is 0.0312. The number of quaternary nitrogens is 1. The van der Waals surface area contributed by atoms with Gasteiger partial charge in [-0.1, -0.05) is 0 Å². The van der Waals surface area contributed by atoms with Gasteiger partial charge in [0.05, 0.1) is 33.1 Å². The summed E-state index contributed by atoms with van der Waals surface area (Å²) in [7, 11) is -11.4. The second kappa shape index (κ2) is 8.32. The summed E-state index contributed by atoms with van der Waals surface area (Å²) in [4.78, 5) is 0. The first kappa shape index (κ1) is 26.3. The van der Waals surface area contributed by atoms with Crippen molar-refractivity contribution in [3.05, 3.63) is 4.13 Å².